The number of hydrogen-bond acceptors (Lipinski definition) is 5. The quantitative estimate of drug-likeness (QED) is 0.795. The molecule has 3 aromatic rings. The topological polar surface area (TPSA) is 82.8 Å². The highest BCUT2D eigenvalue weighted by molar-refractivity contribution is 5.85. The number of nitrogens with two attached hydrogens (primary N) is 1. The van der Waals surface area contributed by atoms with E-state index in [1.165, 1.54) is 12.1 Å². The molecule has 1 fully saturated rings. The molecule has 0 spiro atoms. The van der Waals surface area contributed by atoms with E-state index in [-0.39, 0.29) is 18.2 Å². The smallest absolute Gasteiger partial charge is 0.276 e. The summed E-state index contributed by atoms with van der Waals surface area (Å²) in [6.45, 7) is 0. The third-order valence-electron chi connectivity index (χ3n) is 4.08. The minimum absolute atomic E-state index is 0. The summed E-state index contributed by atoms with van der Waals surface area (Å²) in [5.41, 5.74) is 7.15. The van der Waals surface area contributed by atoms with Crippen molar-refractivity contribution in [3.05, 3.63) is 48.4 Å². The molecule has 8 heteroatoms. The second kappa shape index (κ2) is 5.75. The van der Waals surface area contributed by atoms with Crippen molar-refractivity contribution in [2.75, 3.05) is 0 Å². The van der Waals surface area contributed by atoms with E-state index < -0.39 is 5.54 Å². The molecule has 0 bridgehead atoms. The Morgan fingerprint density at radius 3 is 2.61 bits per heavy atom. The second-order valence-corrected chi connectivity index (χ2v) is 5.56. The van der Waals surface area contributed by atoms with E-state index in [2.05, 4.69) is 15.1 Å². The van der Waals surface area contributed by atoms with E-state index in [4.69, 9.17) is 10.3 Å². The van der Waals surface area contributed by atoms with Crippen molar-refractivity contribution in [3.8, 4) is 17.3 Å². The molecule has 0 saturated heterocycles. The lowest BCUT2D eigenvalue weighted by Gasteiger charge is -2.34. The van der Waals surface area contributed by atoms with Crippen LogP contribution in [0.1, 0.15) is 25.1 Å². The number of rotatable bonds is 3. The Hall–Kier alpha value is -2.25. The molecule has 0 aliphatic heterocycles. The predicted molar refractivity (Wildman–Crippen MR) is 83.8 cm³/mol. The average Bonchev–Trinajstić information content (AvgIpc) is 3.14. The van der Waals surface area contributed by atoms with Crippen LogP contribution in [0.25, 0.3) is 17.3 Å². The van der Waals surface area contributed by atoms with Crippen molar-refractivity contribution in [1.29, 1.82) is 0 Å². The zero-order chi connectivity index (χ0) is 15.2. The Labute approximate surface area is 137 Å². The van der Waals surface area contributed by atoms with E-state index in [0.29, 0.717) is 17.4 Å². The van der Waals surface area contributed by atoms with E-state index in [1.807, 2.05) is 0 Å². The van der Waals surface area contributed by atoms with Gasteiger partial charge in [-0.1, -0.05) is 5.16 Å². The molecule has 23 heavy (non-hydrogen) atoms. The van der Waals surface area contributed by atoms with Crippen molar-refractivity contribution in [2.45, 2.75) is 24.8 Å². The van der Waals surface area contributed by atoms with Crippen molar-refractivity contribution in [1.82, 2.24) is 19.7 Å². The average molecular weight is 336 g/mol. The summed E-state index contributed by atoms with van der Waals surface area (Å²) in [6.07, 6.45) is 6.05. The van der Waals surface area contributed by atoms with E-state index >= 15 is 0 Å². The molecule has 1 saturated carbocycles. The molecule has 0 radical (unpaired) electrons. The highest BCUT2D eigenvalue weighted by Crippen LogP contribution is 2.37. The van der Waals surface area contributed by atoms with Gasteiger partial charge in [0.25, 0.3) is 5.89 Å². The summed E-state index contributed by atoms with van der Waals surface area (Å²) in [7, 11) is 0. The van der Waals surface area contributed by atoms with Gasteiger partial charge in [-0.15, -0.1) is 12.4 Å². The largest absolute Gasteiger partial charge is 0.332 e. The van der Waals surface area contributed by atoms with E-state index in [0.717, 1.165) is 24.9 Å². The van der Waals surface area contributed by atoms with Crippen molar-refractivity contribution in [3.63, 3.8) is 0 Å². The maximum absolute atomic E-state index is 13.1. The van der Waals surface area contributed by atoms with Crippen LogP contribution < -0.4 is 5.73 Å². The van der Waals surface area contributed by atoms with Crippen LogP contribution in [-0.2, 0) is 5.54 Å². The zero-order valence-electron chi connectivity index (χ0n) is 12.1. The molecule has 0 amide bonds. The van der Waals surface area contributed by atoms with Gasteiger partial charge in [0.05, 0.1) is 18.1 Å². The first kappa shape index (κ1) is 15.6. The standard InChI is InChI=1S/C15H14FN5O.ClH/c16-10-2-4-11(5-3-10)21-9-18-8-12(21)13-19-14(20-22-13)15(17)6-1-7-15;/h2-5,8-9H,1,6-7,17H2;1H. The lowest BCUT2D eigenvalue weighted by atomic mass is 9.77. The van der Waals surface area contributed by atoms with E-state index in [1.54, 1.807) is 29.2 Å². The molecule has 4 rings (SSSR count). The van der Waals surface area contributed by atoms with Crippen LogP contribution >= 0.6 is 12.4 Å². The first-order chi connectivity index (χ1) is 10.7. The Morgan fingerprint density at radius 1 is 1.22 bits per heavy atom. The maximum atomic E-state index is 13.1. The van der Waals surface area contributed by atoms with Gasteiger partial charge in [0.2, 0.25) is 0 Å². The van der Waals surface area contributed by atoms with Gasteiger partial charge in [-0.05, 0) is 43.5 Å². The lowest BCUT2D eigenvalue weighted by molar-refractivity contribution is 0.229. The first-order valence-electron chi connectivity index (χ1n) is 7.07. The Morgan fingerprint density at radius 2 is 1.96 bits per heavy atom. The fourth-order valence-electron chi connectivity index (χ4n) is 2.57. The molecule has 1 aromatic carbocycles. The summed E-state index contributed by atoms with van der Waals surface area (Å²) in [5.74, 6) is 0.592. The number of benzene rings is 1. The number of imidazole rings is 1. The first-order valence-corrected chi connectivity index (χ1v) is 7.07. The summed E-state index contributed by atoms with van der Waals surface area (Å²) in [5, 5.41) is 4.00. The monoisotopic (exact) mass is 335 g/mol. The van der Waals surface area contributed by atoms with Gasteiger partial charge in [0, 0.05) is 5.69 Å². The Kier molecular flexibility index (Phi) is 3.91. The SMILES string of the molecule is Cl.NC1(c2noc(-c3cncn3-c3ccc(F)cc3)n2)CCC1. The van der Waals surface area contributed by atoms with Crippen molar-refractivity contribution >= 4 is 12.4 Å². The molecule has 2 N–H and O–H groups in total. The minimum atomic E-state index is -0.470. The molecule has 2 heterocycles. The van der Waals surface area contributed by atoms with Gasteiger partial charge in [-0.25, -0.2) is 9.37 Å². The Bertz CT molecular complexity index is 809. The van der Waals surface area contributed by atoms with Crippen LogP contribution in [0.5, 0.6) is 0 Å². The number of hydrogen-bond donors (Lipinski definition) is 1. The Balaban J connectivity index is 0.00000156. The van der Waals surface area contributed by atoms with Crippen LogP contribution in [-0.4, -0.2) is 19.7 Å². The fraction of sp³-hybridized carbons (Fsp3) is 0.267. The third-order valence-corrected chi connectivity index (χ3v) is 4.08. The van der Waals surface area contributed by atoms with Crippen molar-refractivity contribution < 1.29 is 8.91 Å². The maximum Gasteiger partial charge on any atom is 0.276 e. The summed E-state index contributed by atoms with van der Waals surface area (Å²) in [4.78, 5) is 8.53. The van der Waals surface area contributed by atoms with Gasteiger partial charge in [-0.3, -0.25) is 4.57 Å². The highest BCUT2D eigenvalue weighted by atomic mass is 35.5. The van der Waals surface area contributed by atoms with Crippen LogP contribution in [0, 0.1) is 5.82 Å². The molecular weight excluding hydrogens is 321 g/mol. The molecule has 120 valence electrons. The minimum Gasteiger partial charge on any atom is -0.332 e. The van der Waals surface area contributed by atoms with Gasteiger partial charge in [-0.2, -0.15) is 4.98 Å². The number of aromatic nitrogens is 4. The normalized spacial score (nSPS) is 15.7. The molecule has 6 nitrogen and oxygen atoms in total. The van der Waals surface area contributed by atoms with Gasteiger partial charge in [0.1, 0.15) is 11.5 Å². The molecule has 0 atom stereocenters. The molecular formula is C15H15ClFN5O. The van der Waals surface area contributed by atoms with Crippen molar-refractivity contribution in [2.24, 2.45) is 5.73 Å². The number of nitrogens with zero attached hydrogens (tertiary/aromatic N) is 4. The second-order valence-electron chi connectivity index (χ2n) is 5.56. The fourth-order valence-corrected chi connectivity index (χ4v) is 2.57. The lowest BCUT2D eigenvalue weighted by Crippen LogP contribution is -2.44. The summed E-state index contributed by atoms with van der Waals surface area (Å²) < 4.78 is 20.2. The molecule has 1 aliphatic rings. The summed E-state index contributed by atoms with van der Waals surface area (Å²) >= 11 is 0. The van der Waals surface area contributed by atoms with E-state index in [9.17, 15) is 4.39 Å². The van der Waals surface area contributed by atoms with Crippen LogP contribution in [0.4, 0.5) is 4.39 Å². The number of halogens is 2. The van der Waals surface area contributed by atoms with Crippen LogP contribution in [0.15, 0.2) is 41.3 Å². The molecule has 2 aromatic heterocycles. The third kappa shape index (κ3) is 2.62. The molecule has 0 unspecified atom stereocenters. The molecule has 1 aliphatic carbocycles. The van der Waals surface area contributed by atoms with Gasteiger partial charge in [0.15, 0.2) is 5.82 Å². The van der Waals surface area contributed by atoms with Gasteiger partial charge < -0.3 is 10.3 Å². The van der Waals surface area contributed by atoms with Crippen LogP contribution in [0.2, 0.25) is 0 Å². The summed E-state index contributed by atoms with van der Waals surface area (Å²) in [6, 6.07) is 6.10. The van der Waals surface area contributed by atoms with Gasteiger partial charge >= 0.3 is 0 Å². The zero-order valence-corrected chi connectivity index (χ0v) is 13.0. The predicted octanol–water partition coefficient (Wildman–Crippen LogP) is 2.82. The highest BCUT2D eigenvalue weighted by Gasteiger charge is 2.39. The van der Waals surface area contributed by atoms with Crippen LogP contribution in [0.3, 0.4) is 0 Å².